The molecule has 3 N–H and O–H groups in total. The molecule has 0 saturated carbocycles. The van der Waals surface area contributed by atoms with Gasteiger partial charge in [0.1, 0.15) is 0 Å². The zero-order valence-corrected chi connectivity index (χ0v) is 15.8. The van der Waals surface area contributed by atoms with Crippen molar-refractivity contribution in [2.45, 2.75) is 18.4 Å². The number of benzene rings is 1. The van der Waals surface area contributed by atoms with Gasteiger partial charge >= 0.3 is 0 Å². The maximum atomic E-state index is 12.7. The predicted molar refractivity (Wildman–Crippen MR) is 107 cm³/mol. The highest BCUT2D eigenvalue weighted by atomic mass is 16.5. The molecule has 3 heterocycles. The molecule has 7 heteroatoms. The molecule has 4 rings (SSSR count). The predicted octanol–water partition coefficient (Wildman–Crippen LogP) is 2.70. The summed E-state index contributed by atoms with van der Waals surface area (Å²) in [6, 6.07) is 13.3. The Morgan fingerprint density at radius 2 is 2.04 bits per heavy atom. The van der Waals surface area contributed by atoms with E-state index in [4.69, 9.17) is 10.5 Å². The van der Waals surface area contributed by atoms with Gasteiger partial charge in [-0.25, -0.2) is 0 Å². The first-order chi connectivity index (χ1) is 13.5. The van der Waals surface area contributed by atoms with Gasteiger partial charge in [0.05, 0.1) is 5.69 Å². The Morgan fingerprint density at radius 3 is 2.79 bits per heavy atom. The number of carbonyl (C=O) groups is 1. The molecule has 1 amide bonds. The molecule has 0 bridgehead atoms. The fourth-order valence-corrected chi connectivity index (χ4v) is 3.49. The molecule has 1 aliphatic heterocycles. The van der Waals surface area contributed by atoms with E-state index >= 15 is 0 Å². The van der Waals surface area contributed by atoms with E-state index in [1.54, 1.807) is 23.1 Å². The first-order valence-electron chi connectivity index (χ1n) is 9.28. The number of aryl methyl sites for hydroxylation is 1. The van der Waals surface area contributed by atoms with Crippen LogP contribution in [-0.4, -0.2) is 33.9 Å². The van der Waals surface area contributed by atoms with E-state index in [0.29, 0.717) is 24.6 Å². The number of ether oxygens (including phenoxy) is 1. The lowest BCUT2D eigenvalue weighted by molar-refractivity contribution is 0.0522. The molecule has 0 radical (unpaired) electrons. The van der Waals surface area contributed by atoms with E-state index < -0.39 is 5.54 Å². The van der Waals surface area contributed by atoms with Crippen LogP contribution >= 0.6 is 0 Å². The molecule has 7 nitrogen and oxygen atoms in total. The van der Waals surface area contributed by atoms with Crippen molar-refractivity contribution in [3.63, 3.8) is 0 Å². The molecule has 144 valence electrons. The molecule has 0 spiro atoms. The van der Waals surface area contributed by atoms with Gasteiger partial charge in [-0.15, -0.1) is 0 Å². The number of rotatable bonds is 4. The second-order valence-electron chi connectivity index (χ2n) is 7.08. The minimum atomic E-state index is -0.419. The second kappa shape index (κ2) is 7.53. The number of hydrogen-bond acceptors (Lipinski definition) is 5. The zero-order chi connectivity index (χ0) is 19.6. The lowest BCUT2D eigenvalue weighted by Crippen LogP contribution is -2.42. The summed E-state index contributed by atoms with van der Waals surface area (Å²) in [4.78, 5) is 16.8. The molecule has 28 heavy (non-hydrogen) atoms. The number of amides is 1. The average molecular weight is 377 g/mol. The van der Waals surface area contributed by atoms with Gasteiger partial charge < -0.3 is 15.8 Å². The Hall–Kier alpha value is -3.03. The average Bonchev–Trinajstić information content (AvgIpc) is 3.11. The lowest BCUT2D eigenvalue weighted by atomic mass is 9.83. The van der Waals surface area contributed by atoms with Crippen LogP contribution < -0.4 is 11.1 Å². The van der Waals surface area contributed by atoms with Gasteiger partial charge in [0, 0.05) is 49.4 Å². The second-order valence-corrected chi connectivity index (χ2v) is 7.08. The highest BCUT2D eigenvalue weighted by Crippen LogP contribution is 2.31. The molecule has 1 aliphatic rings. The fraction of sp³-hybridized carbons (Fsp3) is 0.286. The Balaban J connectivity index is 1.54. The van der Waals surface area contributed by atoms with E-state index in [9.17, 15) is 4.79 Å². The quantitative estimate of drug-likeness (QED) is 0.729. The summed E-state index contributed by atoms with van der Waals surface area (Å²) in [6.07, 6.45) is 4.98. The van der Waals surface area contributed by atoms with Gasteiger partial charge in [0.25, 0.3) is 5.91 Å². The number of nitrogens with zero attached hydrogens (tertiary/aromatic N) is 3. The normalized spacial score (nSPS) is 15.9. The van der Waals surface area contributed by atoms with Crippen LogP contribution in [-0.2, 0) is 17.3 Å². The SMILES string of the molecule is Cn1nc(C(=O)Nc2cccc(C3(N)CCOCC3)c2)cc1-c1cccnc1. The number of nitrogens with one attached hydrogen (secondary N) is 1. The van der Waals surface area contributed by atoms with Crippen molar-refractivity contribution in [2.75, 3.05) is 18.5 Å². The van der Waals surface area contributed by atoms with Crippen LogP contribution in [0.15, 0.2) is 54.9 Å². The van der Waals surface area contributed by atoms with Gasteiger partial charge in [0.2, 0.25) is 0 Å². The topological polar surface area (TPSA) is 95.1 Å². The van der Waals surface area contributed by atoms with Gasteiger partial charge in [-0.1, -0.05) is 12.1 Å². The van der Waals surface area contributed by atoms with Crippen LogP contribution in [0.2, 0.25) is 0 Å². The summed E-state index contributed by atoms with van der Waals surface area (Å²) in [5, 5.41) is 7.27. The number of aromatic nitrogens is 3. The van der Waals surface area contributed by atoms with E-state index in [1.807, 2.05) is 43.4 Å². The van der Waals surface area contributed by atoms with Gasteiger partial charge in [-0.05, 0) is 48.7 Å². The minimum Gasteiger partial charge on any atom is -0.381 e. The van der Waals surface area contributed by atoms with Crippen LogP contribution in [0.1, 0.15) is 28.9 Å². The first-order valence-corrected chi connectivity index (χ1v) is 9.28. The summed E-state index contributed by atoms with van der Waals surface area (Å²) in [6.45, 7) is 1.30. The van der Waals surface area contributed by atoms with Gasteiger partial charge in [-0.3, -0.25) is 14.5 Å². The number of carbonyl (C=O) groups excluding carboxylic acids is 1. The van der Waals surface area contributed by atoms with E-state index in [-0.39, 0.29) is 5.91 Å². The Morgan fingerprint density at radius 1 is 1.21 bits per heavy atom. The molecule has 0 aliphatic carbocycles. The Kier molecular flexibility index (Phi) is 4.93. The fourth-order valence-electron chi connectivity index (χ4n) is 3.49. The molecule has 1 fully saturated rings. The van der Waals surface area contributed by atoms with Crippen LogP contribution in [0.3, 0.4) is 0 Å². The minimum absolute atomic E-state index is 0.263. The standard InChI is InChI=1S/C21H23N5O2/c1-26-19(15-4-3-9-23-14-15)13-18(25-26)20(27)24-17-6-2-5-16(12-17)21(22)7-10-28-11-8-21/h2-6,9,12-14H,7-8,10-11,22H2,1H3,(H,24,27). The number of nitrogens with two attached hydrogens (primary N) is 1. The van der Waals surface area contributed by atoms with Crippen LogP contribution in [0.25, 0.3) is 11.3 Å². The van der Waals surface area contributed by atoms with Crippen LogP contribution in [0.4, 0.5) is 5.69 Å². The zero-order valence-electron chi connectivity index (χ0n) is 15.8. The van der Waals surface area contributed by atoms with E-state index in [2.05, 4.69) is 15.4 Å². The van der Waals surface area contributed by atoms with Crippen molar-refractivity contribution >= 4 is 11.6 Å². The van der Waals surface area contributed by atoms with Gasteiger partial charge in [-0.2, -0.15) is 5.10 Å². The van der Waals surface area contributed by atoms with Crippen molar-refractivity contribution in [2.24, 2.45) is 12.8 Å². The monoisotopic (exact) mass is 377 g/mol. The van der Waals surface area contributed by atoms with E-state index in [0.717, 1.165) is 29.7 Å². The number of anilines is 1. The largest absolute Gasteiger partial charge is 0.381 e. The summed E-state index contributed by atoms with van der Waals surface area (Å²) in [7, 11) is 1.81. The lowest BCUT2D eigenvalue weighted by Gasteiger charge is -2.34. The van der Waals surface area contributed by atoms with Crippen molar-refractivity contribution in [1.82, 2.24) is 14.8 Å². The molecule has 1 saturated heterocycles. The number of pyridine rings is 1. The Labute approximate surface area is 163 Å². The smallest absolute Gasteiger partial charge is 0.276 e. The molecule has 2 aromatic heterocycles. The molecule has 0 unspecified atom stereocenters. The summed E-state index contributed by atoms with van der Waals surface area (Å²) < 4.78 is 7.10. The maximum absolute atomic E-state index is 12.7. The highest BCUT2D eigenvalue weighted by Gasteiger charge is 2.30. The summed E-state index contributed by atoms with van der Waals surface area (Å²) >= 11 is 0. The van der Waals surface area contributed by atoms with Crippen molar-refractivity contribution in [1.29, 1.82) is 0 Å². The van der Waals surface area contributed by atoms with Crippen molar-refractivity contribution in [3.8, 4) is 11.3 Å². The van der Waals surface area contributed by atoms with Crippen LogP contribution in [0, 0.1) is 0 Å². The number of hydrogen-bond donors (Lipinski definition) is 2. The molecular formula is C21H23N5O2. The van der Waals surface area contributed by atoms with Crippen molar-refractivity contribution < 1.29 is 9.53 Å². The van der Waals surface area contributed by atoms with Crippen molar-refractivity contribution in [3.05, 3.63) is 66.1 Å². The van der Waals surface area contributed by atoms with Gasteiger partial charge in [0.15, 0.2) is 5.69 Å². The van der Waals surface area contributed by atoms with E-state index in [1.165, 1.54) is 0 Å². The molecular weight excluding hydrogens is 354 g/mol. The first kappa shape index (κ1) is 18.3. The third-order valence-corrected chi connectivity index (χ3v) is 5.15. The Bertz CT molecular complexity index is 977. The highest BCUT2D eigenvalue weighted by molar-refractivity contribution is 6.03. The summed E-state index contributed by atoms with van der Waals surface area (Å²) in [5.41, 5.74) is 9.93. The summed E-state index contributed by atoms with van der Waals surface area (Å²) in [5.74, 6) is -0.263. The van der Waals surface area contributed by atoms with Crippen LogP contribution in [0.5, 0.6) is 0 Å². The molecule has 3 aromatic rings. The maximum Gasteiger partial charge on any atom is 0.276 e. The third-order valence-electron chi connectivity index (χ3n) is 5.15. The third kappa shape index (κ3) is 3.67. The molecule has 0 atom stereocenters. The molecule has 1 aromatic carbocycles.